The lowest BCUT2D eigenvalue weighted by Crippen LogP contribution is -2.06. The molecule has 0 aliphatic carbocycles. The number of halogens is 2. The van der Waals surface area contributed by atoms with Gasteiger partial charge in [0.1, 0.15) is 12.0 Å². The van der Waals surface area contributed by atoms with Crippen LogP contribution in [-0.2, 0) is 13.6 Å². The van der Waals surface area contributed by atoms with Crippen LogP contribution < -0.4 is 5.32 Å². The second-order valence-electron chi connectivity index (χ2n) is 3.61. The zero-order valence-corrected chi connectivity index (χ0v) is 9.48. The van der Waals surface area contributed by atoms with Crippen LogP contribution in [0.1, 0.15) is 11.4 Å². The van der Waals surface area contributed by atoms with E-state index in [0.29, 0.717) is 5.82 Å². The van der Waals surface area contributed by atoms with Crippen LogP contribution in [0.15, 0.2) is 18.5 Å². The van der Waals surface area contributed by atoms with Crippen LogP contribution in [-0.4, -0.2) is 14.8 Å². The molecule has 1 aromatic carbocycles. The minimum atomic E-state index is -0.817. The van der Waals surface area contributed by atoms with E-state index in [1.807, 2.05) is 0 Å². The predicted octanol–water partition coefficient (Wildman–Crippen LogP) is 1.58. The van der Waals surface area contributed by atoms with Crippen molar-refractivity contribution in [3.8, 4) is 6.07 Å². The molecule has 2 aromatic rings. The van der Waals surface area contributed by atoms with Gasteiger partial charge in [-0.3, -0.25) is 4.68 Å². The van der Waals surface area contributed by atoms with Gasteiger partial charge in [0.05, 0.1) is 18.2 Å². The molecule has 1 heterocycles. The second-order valence-corrected chi connectivity index (χ2v) is 3.61. The first kappa shape index (κ1) is 12.0. The molecule has 2 rings (SSSR count). The van der Waals surface area contributed by atoms with Crippen molar-refractivity contribution in [1.29, 1.82) is 5.26 Å². The number of benzene rings is 1. The van der Waals surface area contributed by atoms with Crippen LogP contribution in [0.3, 0.4) is 0 Å². The zero-order valence-electron chi connectivity index (χ0n) is 9.48. The van der Waals surface area contributed by atoms with Crippen molar-refractivity contribution in [3.63, 3.8) is 0 Å². The van der Waals surface area contributed by atoms with Gasteiger partial charge in [-0.25, -0.2) is 13.8 Å². The third kappa shape index (κ3) is 2.43. The van der Waals surface area contributed by atoms with Crippen molar-refractivity contribution in [1.82, 2.24) is 14.8 Å². The van der Waals surface area contributed by atoms with Crippen LogP contribution in [0.4, 0.5) is 14.5 Å². The quantitative estimate of drug-likeness (QED) is 0.896. The number of nitriles is 1. The summed E-state index contributed by atoms with van der Waals surface area (Å²) in [4.78, 5) is 3.92. The predicted molar refractivity (Wildman–Crippen MR) is 59.4 cm³/mol. The number of aryl methyl sites for hydroxylation is 1. The second kappa shape index (κ2) is 4.79. The van der Waals surface area contributed by atoms with E-state index in [1.165, 1.54) is 11.0 Å². The highest BCUT2D eigenvalue weighted by Crippen LogP contribution is 2.20. The Kier molecular flexibility index (Phi) is 3.19. The minimum Gasteiger partial charge on any atom is -0.373 e. The maximum absolute atomic E-state index is 13.5. The maximum Gasteiger partial charge on any atom is 0.169 e. The van der Waals surface area contributed by atoms with Gasteiger partial charge >= 0.3 is 0 Å². The van der Waals surface area contributed by atoms with Gasteiger partial charge in [-0.15, -0.1) is 0 Å². The van der Waals surface area contributed by atoms with Gasteiger partial charge in [0.25, 0.3) is 0 Å². The summed E-state index contributed by atoms with van der Waals surface area (Å²) in [5.74, 6) is -1.22. The number of nitrogens with zero attached hydrogens (tertiary/aromatic N) is 4. The van der Waals surface area contributed by atoms with E-state index < -0.39 is 11.6 Å². The van der Waals surface area contributed by atoms with Gasteiger partial charge in [-0.05, 0) is 12.1 Å². The average Bonchev–Trinajstić information content (AvgIpc) is 2.73. The van der Waals surface area contributed by atoms with Gasteiger partial charge in [-0.1, -0.05) is 0 Å². The minimum absolute atomic E-state index is 0.0634. The van der Waals surface area contributed by atoms with Gasteiger partial charge in [0.15, 0.2) is 17.5 Å². The molecule has 0 saturated carbocycles. The molecule has 0 bridgehead atoms. The van der Waals surface area contributed by atoms with Crippen LogP contribution in [0.25, 0.3) is 0 Å². The lowest BCUT2D eigenvalue weighted by molar-refractivity contribution is 0.586. The maximum atomic E-state index is 13.5. The smallest absolute Gasteiger partial charge is 0.169 e. The Morgan fingerprint density at radius 3 is 2.56 bits per heavy atom. The van der Waals surface area contributed by atoms with Gasteiger partial charge < -0.3 is 5.32 Å². The lowest BCUT2D eigenvalue weighted by atomic mass is 10.2. The summed E-state index contributed by atoms with van der Waals surface area (Å²) >= 11 is 0. The molecule has 0 spiro atoms. The van der Waals surface area contributed by atoms with E-state index in [4.69, 9.17) is 5.26 Å². The molecule has 5 nitrogen and oxygen atoms in total. The molecule has 0 saturated heterocycles. The molecule has 0 aliphatic heterocycles. The summed E-state index contributed by atoms with van der Waals surface area (Å²) < 4.78 is 28.5. The number of anilines is 1. The van der Waals surface area contributed by atoms with E-state index in [-0.39, 0.29) is 17.8 Å². The van der Waals surface area contributed by atoms with Crippen molar-refractivity contribution >= 4 is 5.69 Å². The third-order valence-electron chi connectivity index (χ3n) is 2.24. The van der Waals surface area contributed by atoms with E-state index in [0.717, 1.165) is 12.1 Å². The largest absolute Gasteiger partial charge is 0.373 e. The van der Waals surface area contributed by atoms with E-state index in [2.05, 4.69) is 15.4 Å². The molecule has 0 atom stereocenters. The number of rotatable bonds is 3. The molecule has 1 aromatic heterocycles. The molecule has 0 aliphatic rings. The van der Waals surface area contributed by atoms with Gasteiger partial charge in [0, 0.05) is 7.05 Å². The first-order chi connectivity index (χ1) is 8.60. The molecule has 7 heteroatoms. The van der Waals surface area contributed by atoms with Crippen molar-refractivity contribution in [2.75, 3.05) is 5.32 Å². The number of nitrogens with one attached hydrogen (secondary N) is 1. The van der Waals surface area contributed by atoms with Crippen molar-refractivity contribution in [3.05, 3.63) is 41.5 Å². The Bertz CT molecular complexity index is 591. The zero-order chi connectivity index (χ0) is 13.1. The Hall–Kier alpha value is -2.49. The van der Waals surface area contributed by atoms with E-state index in [1.54, 1.807) is 13.1 Å². The van der Waals surface area contributed by atoms with Crippen LogP contribution in [0.5, 0.6) is 0 Å². The number of hydrogen-bond acceptors (Lipinski definition) is 4. The van der Waals surface area contributed by atoms with Crippen molar-refractivity contribution < 1.29 is 8.78 Å². The molecule has 92 valence electrons. The summed E-state index contributed by atoms with van der Waals surface area (Å²) in [6.45, 7) is 0.0978. The topological polar surface area (TPSA) is 66.5 Å². The molecule has 0 amide bonds. The fourth-order valence-electron chi connectivity index (χ4n) is 1.44. The molecule has 0 fully saturated rings. The fourth-order valence-corrected chi connectivity index (χ4v) is 1.44. The number of hydrogen-bond donors (Lipinski definition) is 1. The molecule has 0 unspecified atom stereocenters. The van der Waals surface area contributed by atoms with Crippen LogP contribution in [0, 0.1) is 23.0 Å². The van der Waals surface area contributed by atoms with Crippen LogP contribution >= 0.6 is 0 Å². The average molecular weight is 249 g/mol. The first-order valence-electron chi connectivity index (χ1n) is 5.07. The Balaban J connectivity index is 2.17. The summed E-state index contributed by atoms with van der Waals surface area (Å²) in [6, 6.07) is 3.62. The van der Waals surface area contributed by atoms with Gasteiger partial charge in [-0.2, -0.15) is 10.4 Å². The van der Waals surface area contributed by atoms with Crippen molar-refractivity contribution in [2.24, 2.45) is 7.05 Å². The molecular weight excluding hydrogens is 240 g/mol. The number of aromatic nitrogens is 3. The van der Waals surface area contributed by atoms with Gasteiger partial charge in [0.2, 0.25) is 0 Å². The summed E-state index contributed by atoms with van der Waals surface area (Å²) in [5.41, 5.74) is -0.354. The Labute approximate surface area is 102 Å². The normalized spacial score (nSPS) is 10.1. The SMILES string of the molecule is Cn1cnc(CNc2c(F)cc(C#N)cc2F)n1. The Morgan fingerprint density at radius 2 is 2.06 bits per heavy atom. The Morgan fingerprint density at radius 1 is 1.39 bits per heavy atom. The monoisotopic (exact) mass is 249 g/mol. The molecule has 1 N–H and O–H groups in total. The standard InChI is InChI=1S/C11H9F2N5/c1-18-6-16-10(17-18)5-15-11-8(12)2-7(4-14)3-9(11)13/h2-3,6,15H,5H2,1H3. The molecular formula is C11H9F2N5. The van der Waals surface area contributed by atoms with E-state index >= 15 is 0 Å². The molecule has 18 heavy (non-hydrogen) atoms. The first-order valence-corrected chi connectivity index (χ1v) is 5.07. The highest BCUT2D eigenvalue weighted by Gasteiger charge is 2.11. The van der Waals surface area contributed by atoms with Crippen LogP contribution in [0.2, 0.25) is 0 Å². The van der Waals surface area contributed by atoms with Crippen molar-refractivity contribution in [2.45, 2.75) is 6.54 Å². The highest BCUT2D eigenvalue weighted by molar-refractivity contribution is 5.50. The van der Waals surface area contributed by atoms with E-state index in [9.17, 15) is 8.78 Å². The summed E-state index contributed by atoms with van der Waals surface area (Å²) in [7, 11) is 1.69. The highest BCUT2D eigenvalue weighted by atomic mass is 19.1. The molecule has 0 radical (unpaired) electrons. The fraction of sp³-hybridized carbons (Fsp3) is 0.182. The summed E-state index contributed by atoms with van der Waals surface area (Å²) in [5, 5.41) is 15.1. The summed E-state index contributed by atoms with van der Waals surface area (Å²) in [6.07, 6.45) is 1.49. The lowest BCUT2D eigenvalue weighted by Gasteiger charge is -2.07. The third-order valence-corrected chi connectivity index (χ3v) is 2.24.